The van der Waals surface area contributed by atoms with Gasteiger partial charge in [0.2, 0.25) is 0 Å². The number of carbonyl (C=O) groups is 1. The average Bonchev–Trinajstić information content (AvgIpc) is 2.93. The molecule has 7 heteroatoms. The maximum absolute atomic E-state index is 11.9. The summed E-state index contributed by atoms with van der Waals surface area (Å²) in [6.45, 7) is 4.09. The lowest BCUT2D eigenvalue weighted by Gasteiger charge is -2.16. The molecule has 2 rings (SSSR count). The van der Waals surface area contributed by atoms with Crippen LogP contribution in [0, 0.1) is 6.92 Å². The lowest BCUT2D eigenvalue weighted by Crippen LogP contribution is -2.43. The van der Waals surface area contributed by atoms with E-state index in [2.05, 4.69) is 23.1 Å². The molecule has 0 fully saturated rings. The van der Waals surface area contributed by atoms with Crippen LogP contribution in [0.4, 0.5) is 5.69 Å². The molecule has 0 spiro atoms. The van der Waals surface area contributed by atoms with E-state index in [0.717, 1.165) is 17.7 Å². The van der Waals surface area contributed by atoms with Crippen LogP contribution < -0.4 is 16.2 Å². The number of hydrogen-bond donors (Lipinski definition) is 3. The molecule has 1 amide bonds. The van der Waals surface area contributed by atoms with Gasteiger partial charge in [0.05, 0.1) is 9.21 Å². The van der Waals surface area contributed by atoms with Crippen molar-refractivity contribution in [3.05, 3.63) is 50.7 Å². The summed E-state index contributed by atoms with van der Waals surface area (Å²) in [5.74, 6) is -0.276. The first-order valence-electron chi connectivity index (χ1n) is 6.72. The smallest absolute Gasteiger partial charge is 0.279 e. The Morgan fingerprint density at radius 2 is 2.05 bits per heavy atom. The summed E-state index contributed by atoms with van der Waals surface area (Å²) in [5, 5.41) is 3.46. The quantitative estimate of drug-likeness (QED) is 0.578. The van der Waals surface area contributed by atoms with E-state index in [4.69, 9.17) is 23.8 Å². The fraction of sp³-hybridized carbons (Fsp3) is 0.200. The van der Waals surface area contributed by atoms with Crippen LogP contribution >= 0.6 is 35.2 Å². The van der Waals surface area contributed by atoms with Crippen molar-refractivity contribution in [3.63, 3.8) is 0 Å². The molecule has 0 saturated heterocycles. The number of nitrogens with one attached hydrogen (secondary N) is 3. The predicted octanol–water partition coefficient (Wildman–Crippen LogP) is 3.90. The van der Waals surface area contributed by atoms with Crippen molar-refractivity contribution in [2.24, 2.45) is 0 Å². The van der Waals surface area contributed by atoms with E-state index in [9.17, 15) is 4.79 Å². The maximum atomic E-state index is 11.9. The molecule has 0 unspecified atom stereocenters. The van der Waals surface area contributed by atoms with Crippen molar-refractivity contribution in [1.29, 1.82) is 0 Å². The standard InChI is InChI=1S/C15H16ClN3OS2/c1-3-10-6-4-5-9(2)13(10)17-15(21)19-18-14(20)11-7-8-12(16)22-11/h4-8H,3H2,1-2H3,(H,18,20)(H2,17,19,21). The molecule has 0 atom stereocenters. The van der Waals surface area contributed by atoms with E-state index in [1.807, 2.05) is 25.1 Å². The molecule has 1 aromatic heterocycles. The highest BCUT2D eigenvalue weighted by atomic mass is 35.5. The van der Waals surface area contributed by atoms with Crippen molar-refractivity contribution in [3.8, 4) is 0 Å². The van der Waals surface area contributed by atoms with Gasteiger partial charge in [-0.2, -0.15) is 0 Å². The van der Waals surface area contributed by atoms with E-state index in [1.165, 1.54) is 16.9 Å². The van der Waals surface area contributed by atoms with Crippen LogP contribution in [0.3, 0.4) is 0 Å². The molecule has 22 heavy (non-hydrogen) atoms. The molecule has 0 aliphatic carbocycles. The number of thiophene rings is 1. The molecule has 0 saturated carbocycles. The van der Waals surface area contributed by atoms with Crippen LogP contribution in [-0.2, 0) is 6.42 Å². The number of hydrazine groups is 1. The molecule has 0 aliphatic heterocycles. The number of hydrogen-bond acceptors (Lipinski definition) is 3. The van der Waals surface area contributed by atoms with Gasteiger partial charge in [-0.05, 0) is 48.8 Å². The van der Waals surface area contributed by atoms with Crippen molar-refractivity contribution >= 4 is 51.9 Å². The van der Waals surface area contributed by atoms with E-state index < -0.39 is 0 Å². The third-order valence-corrected chi connectivity index (χ3v) is 4.50. The normalized spacial score (nSPS) is 10.1. The largest absolute Gasteiger partial charge is 0.331 e. The lowest BCUT2D eigenvalue weighted by molar-refractivity contribution is 0.0948. The number of thiocarbonyl (C=S) groups is 1. The summed E-state index contributed by atoms with van der Waals surface area (Å²) in [5.41, 5.74) is 8.48. The number of rotatable bonds is 3. The summed E-state index contributed by atoms with van der Waals surface area (Å²) in [7, 11) is 0. The number of amides is 1. The van der Waals surface area contributed by atoms with Crippen LogP contribution in [-0.4, -0.2) is 11.0 Å². The van der Waals surface area contributed by atoms with E-state index >= 15 is 0 Å². The zero-order valence-corrected chi connectivity index (χ0v) is 14.6. The molecule has 1 heterocycles. The van der Waals surface area contributed by atoms with E-state index in [0.29, 0.717) is 14.3 Å². The molecule has 3 N–H and O–H groups in total. The number of benzene rings is 1. The first-order valence-corrected chi connectivity index (χ1v) is 8.32. The lowest BCUT2D eigenvalue weighted by atomic mass is 10.1. The first-order chi connectivity index (χ1) is 10.5. The monoisotopic (exact) mass is 353 g/mol. The molecule has 0 aliphatic rings. The maximum Gasteiger partial charge on any atom is 0.279 e. The summed E-state index contributed by atoms with van der Waals surface area (Å²) in [6.07, 6.45) is 0.896. The van der Waals surface area contributed by atoms with Crippen molar-refractivity contribution in [2.75, 3.05) is 5.32 Å². The molecule has 0 bridgehead atoms. The molecule has 2 aromatic rings. The second kappa shape index (κ2) is 7.58. The highest BCUT2D eigenvalue weighted by Gasteiger charge is 2.10. The SMILES string of the molecule is CCc1cccc(C)c1NC(=S)NNC(=O)c1ccc(Cl)s1. The molecule has 4 nitrogen and oxygen atoms in total. The van der Waals surface area contributed by atoms with Gasteiger partial charge in [-0.25, -0.2) is 0 Å². The number of anilines is 1. The first kappa shape index (κ1) is 16.7. The minimum absolute atomic E-state index is 0.276. The van der Waals surface area contributed by atoms with Crippen LogP contribution in [0.25, 0.3) is 0 Å². The topological polar surface area (TPSA) is 53.2 Å². The minimum Gasteiger partial charge on any atom is -0.331 e. The zero-order chi connectivity index (χ0) is 16.1. The fourth-order valence-corrected chi connectivity index (χ4v) is 3.05. The summed E-state index contributed by atoms with van der Waals surface area (Å²) >= 11 is 12.2. The van der Waals surface area contributed by atoms with E-state index in [1.54, 1.807) is 12.1 Å². The Bertz CT molecular complexity index is 700. The highest BCUT2D eigenvalue weighted by molar-refractivity contribution is 7.80. The predicted molar refractivity (Wildman–Crippen MR) is 96.7 cm³/mol. The van der Waals surface area contributed by atoms with Gasteiger partial charge in [-0.15, -0.1) is 11.3 Å². The van der Waals surface area contributed by atoms with Crippen molar-refractivity contribution < 1.29 is 4.79 Å². The third kappa shape index (κ3) is 4.19. The number of halogens is 1. The molecular weight excluding hydrogens is 338 g/mol. The number of carbonyl (C=O) groups excluding carboxylic acids is 1. The van der Waals surface area contributed by atoms with Gasteiger partial charge >= 0.3 is 0 Å². The molecule has 1 aromatic carbocycles. The Kier molecular flexibility index (Phi) is 5.76. The van der Waals surface area contributed by atoms with Gasteiger partial charge in [0.25, 0.3) is 5.91 Å². The van der Waals surface area contributed by atoms with Gasteiger partial charge in [0, 0.05) is 5.69 Å². The Hall–Kier alpha value is -1.63. The summed E-state index contributed by atoms with van der Waals surface area (Å²) < 4.78 is 0.568. The number of para-hydroxylation sites is 1. The number of aryl methyl sites for hydroxylation is 2. The van der Waals surface area contributed by atoms with Gasteiger partial charge in [-0.1, -0.05) is 36.7 Å². The Morgan fingerprint density at radius 3 is 2.68 bits per heavy atom. The summed E-state index contributed by atoms with van der Waals surface area (Å²) in [4.78, 5) is 12.4. The van der Waals surface area contributed by atoms with Crippen LogP contribution in [0.15, 0.2) is 30.3 Å². The van der Waals surface area contributed by atoms with Gasteiger partial charge in [0.15, 0.2) is 5.11 Å². The van der Waals surface area contributed by atoms with Gasteiger partial charge in [-0.3, -0.25) is 15.6 Å². The van der Waals surface area contributed by atoms with Crippen LogP contribution in [0.2, 0.25) is 4.34 Å². The average molecular weight is 354 g/mol. The Morgan fingerprint density at radius 1 is 1.27 bits per heavy atom. The molecular formula is C15H16ClN3OS2. The van der Waals surface area contributed by atoms with Crippen molar-refractivity contribution in [1.82, 2.24) is 10.9 Å². The Labute approximate surface area is 143 Å². The van der Waals surface area contributed by atoms with Gasteiger partial charge < -0.3 is 5.32 Å². The Balaban J connectivity index is 1.95. The van der Waals surface area contributed by atoms with E-state index in [-0.39, 0.29) is 5.91 Å². The second-order valence-corrected chi connectivity index (χ2v) is 6.72. The van der Waals surface area contributed by atoms with Crippen LogP contribution in [0.1, 0.15) is 27.7 Å². The fourth-order valence-electron chi connectivity index (χ4n) is 1.96. The van der Waals surface area contributed by atoms with Crippen molar-refractivity contribution in [2.45, 2.75) is 20.3 Å². The second-order valence-electron chi connectivity index (χ2n) is 4.60. The zero-order valence-electron chi connectivity index (χ0n) is 12.2. The molecule has 116 valence electrons. The highest BCUT2D eigenvalue weighted by Crippen LogP contribution is 2.21. The van der Waals surface area contributed by atoms with Crippen LogP contribution in [0.5, 0.6) is 0 Å². The molecule has 0 radical (unpaired) electrons. The van der Waals surface area contributed by atoms with Gasteiger partial charge in [0.1, 0.15) is 0 Å². The minimum atomic E-state index is -0.276. The third-order valence-electron chi connectivity index (χ3n) is 3.07. The summed E-state index contributed by atoms with van der Waals surface area (Å²) in [6, 6.07) is 9.41.